The van der Waals surface area contributed by atoms with Crippen LogP contribution in [0.3, 0.4) is 0 Å². The van der Waals surface area contributed by atoms with E-state index in [1.807, 2.05) is 86.6 Å². The van der Waals surface area contributed by atoms with Gasteiger partial charge < -0.3 is 14.8 Å². The molecule has 0 aliphatic rings. The second-order valence-corrected chi connectivity index (χ2v) is 8.15. The highest BCUT2D eigenvalue weighted by Crippen LogP contribution is 2.23. The summed E-state index contributed by atoms with van der Waals surface area (Å²) in [6, 6.07) is 22.3. The van der Waals surface area contributed by atoms with Gasteiger partial charge in [-0.3, -0.25) is 4.79 Å². The lowest BCUT2D eigenvalue weighted by atomic mass is 10.0. The summed E-state index contributed by atoms with van der Waals surface area (Å²) in [6.45, 7) is 4.18. The minimum Gasteiger partial charge on any atom is -0.489 e. The maximum atomic E-state index is 12.2. The van der Waals surface area contributed by atoms with Gasteiger partial charge in [0.25, 0.3) is 5.91 Å². The molecule has 1 N–H and O–H groups in total. The molecule has 0 saturated carbocycles. The van der Waals surface area contributed by atoms with Crippen LogP contribution in [0.15, 0.2) is 78.9 Å². The van der Waals surface area contributed by atoms with Crippen LogP contribution in [0.4, 0.5) is 5.69 Å². The van der Waals surface area contributed by atoms with E-state index in [9.17, 15) is 9.59 Å². The topological polar surface area (TPSA) is 64.6 Å². The van der Waals surface area contributed by atoms with E-state index in [0.29, 0.717) is 17.4 Å². The van der Waals surface area contributed by atoms with Gasteiger partial charge in [-0.15, -0.1) is 0 Å². The van der Waals surface area contributed by atoms with E-state index in [1.54, 1.807) is 6.08 Å². The van der Waals surface area contributed by atoms with Crippen molar-refractivity contribution < 1.29 is 19.1 Å². The van der Waals surface area contributed by atoms with Crippen molar-refractivity contribution in [2.45, 2.75) is 26.4 Å². The number of para-hydroxylation sites is 1. The standard InChI is InChI=1S/C27H26ClNO4/c1-19(2)24-5-3-4-6-25(24)29-26(30)18-33-27(31)16-11-20-9-14-23(15-10-20)32-17-21-7-12-22(28)13-8-21/h3-16,19H,17-18H2,1-2H3,(H,29,30). The van der Waals surface area contributed by atoms with Gasteiger partial charge in [0.05, 0.1) is 0 Å². The molecule has 0 heterocycles. The molecular weight excluding hydrogens is 438 g/mol. The molecule has 0 bridgehead atoms. The van der Waals surface area contributed by atoms with Gasteiger partial charge >= 0.3 is 5.97 Å². The number of halogens is 1. The zero-order valence-corrected chi connectivity index (χ0v) is 19.3. The minimum absolute atomic E-state index is 0.265. The third kappa shape index (κ3) is 7.81. The van der Waals surface area contributed by atoms with Crippen molar-refractivity contribution in [3.05, 3.63) is 101 Å². The normalized spacial score (nSPS) is 10.9. The number of hydrogen-bond acceptors (Lipinski definition) is 4. The zero-order chi connectivity index (χ0) is 23.6. The van der Waals surface area contributed by atoms with Crippen molar-refractivity contribution >= 4 is 35.2 Å². The number of esters is 1. The Labute approximate surface area is 199 Å². The average molecular weight is 464 g/mol. The van der Waals surface area contributed by atoms with Crippen LogP contribution in [0, 0.1) is 0 Å². The first kappa shape index (κ1) is 24.1. The first-order valence-electron chi connectivity index (χ1n) is 10.6. The Bertz CT molecular complexity index is 1110. The van der Waals surface area contributed by atoms with Crippen molar-refractivity contribution in [2.75, 3.05) is 11.9 Å². The Morgan fingerprint density at radius 2 is 1.67 bits per heavy atom. The number of carbonyl (C=O) groups is 2. The van der Waals surface area contributed by atoms with Gasteiger partial charge in [0.2, 0.25) is 0 Å². The van der Waals surface area contributed by atoms with Crippen LogP contribution in [0.2, 0.25) is 5.02 Å². The maximum absolute atomic E-state index is 12.2. The quantitative estimate of drug-likeness (QED) is 0.301. The van der Waals surface area contributed by atoms with E-state index in [4.69, 9.17) is 21.1 Å². The van der Waals surface area contributed by atoms with E-state index >= 15 is 0 Å². The van der Waals surface area contributed by atoms with E-state index in [-0.39, 0.29) is 18.4 Å². The molecule has 0 aromatic heterocycles. The molecule has 5 nitrogen and oxygen atoms in total. The van der Waals surface area contributed by atoms with E-state index < -0.39 is 5.97 Å². The Morgan fingerprint density at radius 3 is 2.36 bits per heavy atom. The van der Waals surface area contributed by atoms with Gasteiger partial charge in [0.1, 0.15) is 12.4 Å². The highest BCUT2D eigenvalue weighted by molar-refractivity contribution is 6.30. The van der Waals surface area contributed by atoms with Crippen LogP contribution in [-0.2, 0) is 20.9 Å². The van der Waals surface area contributed by atoms with Crippen molar-refractivity contribution in [3.63, 3.8) is 0 Å². The first-order valence-corrected chi connectivity index (χ1v) is 11.0. The number of hydrogen-bond donors (Lipinski definition) is 1. The van der Waals surface area contributed by atoms with E-state index in [2.05, 4.69) is 5.32 Å². The fraction of sp³-hybridized carbons (Fsp3) is 0.185. The van der Waals surface area contributed by atoms with Gasteiger partial charge in [0, 0.05) is 16.8 Å². The van der Waals surface area contributed by atoms with Gasteiger partial charge in [-0.05, 0) is 59.0 Å². The second-order valence-electron chi connectivity index (χ2n) is 7.72. The second kappa shape index (κ2) is 11.9. The number of ether oxygens (including phenoxy) is 2. The maximum Gasteiger partial charge on any atom is 0.331 e. The summed E-state index contributed by atoms with van der Waals surface area (Å²) in [5.74, 6) is 0.00151. The highest BCUT2D eigenvalue weighted by atomic mass is 35.5. The fourth-order valence-electron chi connectivity index (χ4n) is 3.07. The molecule has 0 fully saturated rings. The van der Waals surface area contributed by atoms with Crippen LogP contribution < -0.4 is 10.1 Å². The monoisotopic (exact) mass is 463 g/mol. The van der Waals surface area contributed by atoms with Crippen molar-refractivity contribution in [1.82, 2.24) is 0 Å². The average Bonchev–Trinajstić information content (AvgIpc) is 2.82. The number of rotatable bonds is 9. The molecule has 0 spiro atoms. The van der Waals surface area contributed by atoms with E-state index in [1.165, 1.54) is 6.08 Å². The molecule has 33 heavy (non-hydrogen) atoms. The van der Waals surface area contributed by atoms with Crippen molar-refractivity contribution in [2.24, 2.45) is 0 Å². The molecule has 0 aliphatic carbocycles. The molecular formula is C27H26ClNO4. The Hall–Kier alpha value is -3.57. The number of carbonyl (C=O) groups excluding carboxylic acids is 2. The van der Waals surface area contributed by atoms with Crippen molar-refractivity contribution in [3.8, 4) is 5.75 Å². The predicted molar refractivity (Wildman–Crippen MR) is 131 cm³/mol. The van der Waals surface area contributed by atoms with Crippen LogP contribution in [-0.4, -0.2) is 18.5 Å². The lowest BCUT2D eigenvalue weighted by Gasteiger charge is -2.13. The lowest BCUT2D eigenvalue weighted by Crippen LogP contribution is -2.21. The number of amides is 1. The zero-order valence-electron chi connectivity index (χ0n) is 18.6. The molecule has 0 saturated heterocycles. The number of benzene rings is 3. The summed E-state index contributed by atoms with van der Waals surface area (Å²) in [5.41, 5.74) is 3.57. The van der Waals surface area contributed by atoms with Crippen LogP contribution >= 0.6 is 11.6 Å². The third-order valence-electron chi connectivity index (χ3n) is 4.81. The molecule has 6 heteroatoms. The fourth-order valence-corrected chi connectivity index (χ4v) is 3.20. The summed E-state index contributed by atoms with van der Waals surface area (Å²) in [5, 5.41) is 3.48. The summed E-state index contributed by atoms with van der Waals surface area (Å²) in [4.78, 5) is 24.1. The summed E-state index contributed by atoms with van der Waals surface area (Å²) >= 11 is 5.88. The van der Waals surface area contributed by atoms with Crippen molar-refractivity contribution in [1.29, 1.82) is 0 Å². The molecule has 3 rings (SSSR count). The van der Waals surface area contributed by atoms with Gasteiger partial charge in [-0.2, -0.15) is 0 Å². The SMILES string of the molecule is CC(C)c1ccccc1NC(=O)COC(=O)C=Cc1ccc(OCc2ccc(Cl)cc2)cc1. The Morgan fingerprint density at radius 1 is 0.970 bits per heavy atom. The smallest absolute Gasteiger partial charge is 0.331 e. The summed E-state index contributed by atoms with van der Waals surface area (Å²) < 4.78 is 10.8. The lowest BCUT2D eigenvalue weighted by molar-refractivity contribution is -0.142. The van der Waals surface area contributed by atoms with Gasteiger partial charge in [-0.25, -0.2) is 4.79 Å². The minimum atomic E-state index is -0.592. The van der Waals surface area contributed by atoms with Gasteiger partial charge in [0.15, 0.2) is 6.61 Å². The Kier molecular flexibility index (Phi) is 8.67. The largest absolute Gasteiger partial charge is 0.489 e. The first-order chi connectivity index (χ1) is 15.9. The molecule has 170 valence electrons. The molecule has 3 aromatic rings. The molecule has 1 amide bonds. The van der Waals surface area contributed by atoms with Crippen LogP contribution in [0.5, 0.6) is 5.75 Å². The molecule has 3 aromatic carbocycles. The third-order valence-corrected chi connectivity index (χ3v) is 5.07. The molecule has 0 atom stereocenters. The Balaban J connectivity index is 1.44. The number of anilines is 1. The molecule has 0 radical (unpaired) electrons. The summed E-state index contributed by atoms with van der Waals surface area (Å²) in [6.07, 6.45) is 2.91. The number of nitrogens with one attached hydrogen (secondary N) is 1. The highest BCUT2D eigenvalue weighted by Gasteiger charge is 2.10. The summed E-state index contributed by atoms with van der Waals surface area (Å²) in [7, 11) is 0. The molecule has 0 unspecified atom stereocenters. The predicted octanol–water partition coefficient (Wildman–Crippen LogP) is 6.24. The van der Waals surface area contributed by atoms with E-state index in [0.717, 1.165) is 22.4 Å². The van der Waals surface area contributed by atoms with Crippen LogP contribution in [0.1, 0.15) is 36.5 Å². The van der Waals surface area contributed by atoms with Gasteiger partial charge in [-0.1, -0.05) is 67.9 Å². The van der Waals surface area contributed by atoms with Crippen LogP contribution in [0.25, 0.3) is 6.08 Å². The molecule has 0 aliphatic heterocycles.